The SMILES string of the molecule is [NH]C(c1c2ccccc2cc2ccccc12)c1c2ccccc2cc2ccccc12. The lowest BCUT2D eigenvalue weighted by atomic mass is 9.85. The minimum absolute atomic E-state index is 0.489. The van der Waals surface area contributed by atoms with Crippen molar-refractivity contribution in [2.45, 2.75) is 6.04 Å². The lowest BCUT2D eigenvalue weighted by Crippen LogP contribution is -2.06. The highest BCUT2D eigenvalue weighted by molar-refractivity contribution is 6.07. The van der Waals surface area contributed by atoms with Crippen LogP contribution in [0.5, 0.6) is 0 Å². The summed E-state index contributed by atoms with van der Waals surface area (Å²) >= 11 is 0. The summed E-state index contributed by atoms with van der Waals surface area (Å²) in [6, 6.07) is 37.8. The van der Waals surface area contributed by atoms with Gasteiger partial charge in [-0.1, -0.05) is 97.1 Å². The van der Waals surface area contributed by atoms with Crippen LogP contribution in [-0.2, 0) is 0 Å². The second-order valence-corrected chi connectivity index (χ2v) is 7.90. The van der Waals surface area contributed by atoms with Gasteiger partial charge in [0.05, 0.1) is 6.04 Å². The molecule has 0 spiro atoms. The summed E-state index contributed by atoms with van der Waals surface area (Å²) in [5.74, 6) is 0. The Hall–Kier alpha value is -3.68. The van der Waals surface area contributed by atoms with Gasteiger partial charge in [-0.2, -0.15) is 0 Å². The van der Waals surface area contributed by atoms with Gasteiger partial charge in [0, 0.05) is 0 Å². The second kappa shape index (κ2) is 6.69. The topological polar surface area (TPSA) is 23.8 Å². The predicted octanol–water partition coefficient (Wildman–Crippen LogP) is 7.67. The number of benzene rings is 6. The Morgan fingerprint density at radius 1 is 0.400 bits per heavy atom. The van der Waals surface area contributed by atoms with Crippen LogP contribution in [-0.4, -0.2) is 0 Å². The first kappa shape index (κ1) is 17.2. The van der Waals surface area contributed by atoms with Gasteiger partial charge in [-0.25, -0.2) is 5.73 Å². The summed E-state index contributed by atoms with van der Waals surface area (Å²) < 4.78 is 0. The molecule has 0 saturated carbocycles. The van der Waals surface area contributed by atoms with Crippen molar-refractivity contribution in [3.05, 3.63) is 120 Å². The van der Waals surface area contributed by atoms with E-state index in [1.807, 2.05) is 0 Å². The fourth-order valence-electron chi connectivity index (χ4n) is 4.86. The summed E-state index contributed by atoms with van der Waals surface area (Å²) in [6.07, 6.45) is 0. The number of rotatable bonds is 2. The molecule has 0 atom stereocenters. The standard InChI is InChI=1S/C29H20N/c30-29(27-23-13-5-1-9-19(23)17-20-10-2-6-14-24(20)27)28-25-15-7-3-11-21(25)18-22-12-4-8-16-26(22)28/h1-18,29-30H. The Morgan fingerprint density at radius 3 is 0.967 bits per heavy atom. The second-order valence-electron chi connectivity index (χ2n) is 7.90. The molecule has 6 aromatic rings. The zero-order valence-electron chi connectivity index (χ0n) is 16.5. The first-order valence-corrected chi connectivity index (χ1v) is 10.3. The Kier molecular flexibility index (Phi) is 3.83. The minimum atomic E-state index is -0.489. The van der Waals surface area contributed by atoms with E-state index < -0.39 is 6.04 Å². The fourth-order valence-corrected chi connectivity index (χ4v) is 4.86. The van der Waals surface area contributed by atoms with Crippen molar-refractivity contribution < 1.29 is 0 Å². The average molecular weight is 382 g/mol. The van der Waals surface area contributed by atoms with E-state index in [2.05, 4.69) is 109 Å². The Bertz CT molecular complexity index is 1330. The van der Waals surface area contributed by atoms with E-state index in [-0.39, 0.29) is 0 Å². The quantitative estimate of drug-likeness (QED) is 0.274. The van der Waals surface area contributed by atoms with Crippen molar-refractivity contribution in [2.24, 2.45) is 0 Å². The Balaban J connectivity index is 1.78. The van der Waals surface area contributed by atoms with Crippen molar-refractivity contribution in [3.63, 3.8) is 0 Å². The van der Waals surface area contributed by atoms with Gasteiger partial charge in [-0.15, -0.1) is 0 Å². The molecule has 1 N–H and O–H groups in total. The van der Waals surface area contributed by atoms with Crippen LogP contribution in [0.3, 0.4) is 0 Å². The maximum atomic E-state index is 9.58. The van der Waals surface area contributed by atoms with Crippen molar-refractivity contribution >= 4 is 43.1 Å². The zero-order chi connectivity index (χ0) is 20.1. The van der Waals surface area contributed by atoms with E-state index in [1.54, 1.807) is 0 Å². The lowest BCUT2D eigenvalue weighted by molar-refractivity contribution is 0.873. The van der Waals surface area contributed by atoms with Gasteiger partial charge in [-0.05, 0) is 66.3 Å². The molecule has 1 radical (unpaired) electrons. The highest BCUT2D eigenvalue weighted by Crippen LogP contribution is 2.40. The molecular formula is C29H20N. The highest BCUT2D eigenvalue weighted by atomic mass is 14.6. The summed E-state index contributed by atoms with van der Waals surface area (Å²) in [7, 11) is 0. The molecular weight excluding hydrogens is 362 g/mol. The van der Waals surface area contributed by atoms with Gasteiger partial charge in [0.1, 0.15) is 0 Å². The van der Waals surface area contributed by atoms with E-state index in [9.17, 15) is 5.73 Å². The zero-order valence-corrected chi connectivity index (χ0v) is 16.5. The Morgan fingerprint density at radius 2 is 0.667 bits per heavy atom. The third-order valence-corrected chi connectivity index (χ3v) is 6.20. The number of hydrogen-bond acceptors (Lipinski definition) is 0. The van der Waals surface area contributed by atoms with Crippen molar-refractivity contribution in [2.75, 3.05) is 0 Å². The highest BCUT2D eigenvalue weighted by Gasteiger charge is 2.21. The van der Waals surface area contributed by atoms with Crippen LogP contribution in [0, 0.1) is 0 Å². The van der Waals surface area contributed by atoms with Gasteiger partial charge >= 0.3 is 0 Å². The molecule has 0 aliphatic heterocycles. The average Bonchev–Trinajstić information content (AvgIpc) is 2.80. The van der Waals surface area contributed by atoms with E-state index in [0.29, 0.717) is 0 Å². The van der Waals surface area contributed by atoms with Gasteiger partial charge in [-0.3, -0.25) is 0 Å². The molecule has 6 rings (SSSR count). The lowest BCUT2D eigenvalue weighted by Gasteiger charge is -2.21. The minimum Gasteiger partial charge on any atom is -0.245 e. The van der Waals surface area contributed by atoms with Crippen molar-refractivity contribution in [1.82, 2.24) is 5.73 Å². The van der Waals surface area contributed by atoms with Crippen LogP contribution in [0.2, 0.25) is 0 Å². The normalized spacial score (nSPS) is 11.8. The van der Waals surface area contributed by atoms with E-state index >= 15 is 0 Å². The third kappa shape index (κ3) is 2.53. The molecule has 0 bridgehead atoms. The van der Waals surface area contributed by atoms with Gasteiger partial charge < -0.3 is 0 Å². The molecule has 1 nitrogen and oxygen atoms in total. The molecule has 0 aromatic heterocycles. The van der Waals surface area contributed by atoms with Gasteiger partial charge in [0.15, 0.2) is 0 Å². The van der Waals surface area contributed by atoms with Crippen molar-refractivity contribution in [1.29, 1.82) is 0 Å². The molecule has 0 fully saturated rings. The van der Waals surface area contributed by atoms with Crippen molar-refractivity contribution in [3.8, 4) is 0 Å². The van der Waals surface area contributed by atoms with Crippen LogP contribution in [0.1, 0.15) is 17.2 Å². The first-order valence-electron chi connectivity index (χ1n) is 10.3. The molecule has 30 heavy (non-hydrogen) atoms. The maximum absolute atomic E-state index is 9.58. The molecule has 0 heterocycles. The summed E-state index contributed by atoms with van der Waals surface area (Å²) in [5, 5.41) is 9.39. The summed E-state index contributed by atoms with van der Waals surface area (Å²) in [4.78, 5) is 0. The third-order valence-electron chi connectivity index (χ3n) is 6.20. The van der Waals surface area contributed by atoms with E-state index in [1.165, 1.54) is 21.5 Å². The Labute approximate surface area is 175 Å². The molecule has 0 saturated heterocycles. The summed E-state index contributed by atoms with van der Waals surface area (Å²) in [6.45, 7) is 0. The van der Waals surface area contributed by atoms with E-state index in [4.69, 9.17) is 0 Å². The summed E-state index contributed by atoms with van der Waals surface area (Å²) in [5.41, 5.74) is 11.8. The molecule has 0 aliphatic rings. The van der Waals surface area contributed by atoms with Gasteiger partial charge in [0.2, 0.25) is 0 Å². The first-order chi connectivity index (χ1) is 14.8. The maximum Gasteiger partial charge on any atom is 0.0736 e. The monoisotopic (exact) mass is 382 g/mol. The largest absolute Gasteiger partial charge is 0.245 e. The molecule has 1 heteroatoms. The smallest absolute Gasteiger partial charge is 0.0736 e. The van der Waals surface area contributed by atoms with Crippen LogP contribution in [0.15, 0.2) is 109 Å². The van der Waals surface area contributed by atoms with Crippen LogP contribution in [0.25, 0.3) is 43.1 Å². The molecule has 0 aliphatic carbocycles. The molecule has 0 unspecified atom stereocenters. The van der Waals surface area contributed by atoms with Gasteiger partial charge in [0.25, 0.3) is 0 Å². The van der Waals surface area contributed by atoms with Crippen LogP contribution < -0.4 is 5.73 Å². The fraction of sp³-hybridized carbons (Fsp3) is 0.0345. The molecule has 141 valence electrons. The molecule has 0 amide bonds. The number of nitrogens with one attached hydrogen (secondary N) is 1. The van der Waals surface area contributed by atoms with Crippen LogP contribution in [0.4, 0.5) is 0 Å². The number of fused-ring (bicyclic) bond motifs is 4. The predicted molar refractivity (Wildman–Crippen MR) is 128 cm³/mol. The molecule has 6 aromatic carbocycles. The van der Waals surface area contributed by atoms with Crippen LogP contribution >= 0.6 is 0 Å². The number of hydrogen-bond donors (Lipinski definition) is 0. The van der Waals surface area contributed by atoms with E-state index in [0.717, 1.165) is 32.7 Å².